The highest BCUT2D eigenvalue weighted by Gasteiger charge is 2.22. The van der Waals surface area contributed by atoms with Gasteiger partial charge in [0, 0.05) is 17.5 Å². The van der Waals surface area contributed by atoms with Crippen molar-refractivity contribution in [2.24, 2.45) is 5.92 Å². The van der Waals surface area contributed by atoms with E-state index >= 15 is 0 Å². The van der Waals surface area contributed by atoms with Crippen LogP contribution in [0, 0.1) is 17.2 Å². The zero-order chi connectivity index (χ0) is 12.8. The molecule has 0 spiro atoms. The smallest absolute Gasteiger partial charge is 0.0701 e. The molecule has 0 aliphatic heterocycles. The Balaban J connectivity index is 1.79. The van der Waals surface area contributed by atoms with Gasteiger partial charge in [-0.1, -0.05) is 19.3 Å². The van der Waals surface area contributed by atoms with Crippen molar-refractivity contribution in [1.29, 1.82) is 5.26 Å². The van der Waals surface area contributed by atoms with Gasteiger partial charge in [0.05, 0.1) is 15.8 Å². The highest BCUT2D eigenvalue weighted by Crippen LogP contribution is 2.24. The minimum Gasteiger partial charge on any atom is -0.312 e. The molecule has 1 N–H and O–H groups in total. The Hall–Kier alpha value is -0.370. The van der Waals surface area contributed by atoms with Gasteiger partial charge in [-0.25, -0.2) is 0 Å². The van der Waals surface area contributed by atoms with E-state index in [2.05, 4.69) is 39.4 Å². The summed E-state index contributed by atoms with van der Waals surface area (Å²) in [6.07, 6.45) is 7.05. The lowest BCUT2D eigenvalue weighted by Crippen LogP contribution is -2.36. The number of rotatable bonds is 4. The minimum absolute atomic E-state index is 0.211. The zero-order valence-electron chi connectivity index (χ0n) is 10.5. The van der Waals surface area contributed by atoms with Crippen LogP contribution in [0.2, 0.25) is 0 Å². The van der Waals surface area contributed by atoms with E-state index in [-0.39, 0.29) is 5.92 Å². The van der Waals surface area contributed by atoms with Crippen LogP contribution in [0.5, 0.6) is 0 Å². The van der Waals surface area contributed by atoms with Crippen LogP contribution in [0.3, 0.4) is 0 Å². The molecule has 98 valence electrons. The number of halogens is 1. The molecule has 1 saturated carbocycles. The van der Waals surface area contributed by atoms with Crippen LogP contribution in [0.15, 0.2) is 15.9 Å². The van der Waals surface area contributed by atoms with Gasteiger partial charge in [-0.3, -0.25) is 0 Å². The lowest BCUT2D eigenvalue weighted by Gasteiger charge is -2.20. The van der Waals surface area contributed by atoms with E-state index in [4.69, 9.17) is 0 Å². The Morgan fingerprint density at radius 2 is 2.17 bits per heavy atom. The summed E-state index contributed by atoms with van der Waals surface area (Å²) < 4.78 is 1.20. The molecule has 0 radical (unpaired) electrons. The third-order valence-electron chi connectivity index (χ3n) is 3.59. The maximum atomic E-state index is 9.21. The Morgan fingerprint density at radius 3 is 2.89 bits per heavy atom. The molecule has 1 aliphatic carbocycles. The number of thiophene rings is 1. The minimum atomic E-state index is 0.211. The number of nitriles is 1. The molecule has 1 aliphatic rings. The van der Waals surface area contributed by atoms with Crippen LogP contribution in [0.25, 0.3) is 0 Å². The molecular formula is C14H19BrN2S. The Kier molecular flexibility index (Phi) is 5.68. The molecule has 0 aromatic carbocycles. The fourth-order valence-corrected chi connectivity index (χ4v) is 4.06. The molecule has 0 amide bonds. The summed E-state index contributed by atoms with van der Waals surface area (Å²) in [5.41, 5.74) is 0. The first-order valence-electron chi connectivity index (χ1n) is 6.67. The van der Waals surface area contributed by atoms with Crippen LogP contribution in [0.1, 0.15) is 37.0 Å². The lowest BCUT2D eigenvalue weighted by atomic mass is 9.96. The fraction of sp³-hybridized carbons (Fsp3) is 0.643. The average Bonchev–Trinajstić information content (AvgIpc) is 2.64. The van der Waals surface area contributed by atoms with Crippen LogP contribution in [0.4, 0.5) is 0 Å². The first-order valence-corrected chi connectivity index (χ1v) is 8.28. The van der Waals surface area contributed by atoms with Gasteiger partial charge in [-0.15, -0.1) is 11.3 Å². The molecular weight excluding hydrogens is 308 g/mol. The van der Waals surface area contributed by atoms with E-state index in [0.717, 1.165) is 25.8 Å². The summed E-state index contributed by atoms with van der Waals surface area (Å²) in [5.74, 6) is 0.211. The first-order chi connectivity index (χ1) is 8.79. The van der Waals surface area contributed by atoms with Gasteiger partial charge in [0.1, 0.15) is 0 Å². The van der Waals surface area contributed by atoms with Crippen LogP contribution < -0.4 is 5.32 Å². The van der Waals surface area contributed by atoms with E-state index in [0.29, 0.717) is 6.04 Å². The van der Waals surface area contributed by atoms with E-state index in [1.165, 1.54) is 27.9 Å². The summed E-state index contributed by atoms with van der Waals surface area (Å²) in [4.78, 5) is 1.40. The summed E-state index contributed by atoms with van der Waals surface area (Å²) >= 11 is 5.28. The van der Waals surface area contributed by atoms with Crippen molar-refractivity contribution in [2.45, 2.75) is 44.6 Å². The summed E-state index contributed by atoms with van der Waals surface area (Å²) in [6, 6.07) is 7.16. The van der Waals surface area contributed by atoms with Gasteiger partial charge >= 0.3 is 0 Å². The summed E-state index contributed by atoms with van der Waals surface area (Å²) in [5, 5.41) is 12.8. The fourth-order valence-electron chi connectivity index (χ4n) is 2.57. The second kappa shape index (κ2) is 7.28. The average molecular weight is 327 g/mol. The van der Waals surface area contributed by atoms with E-state index in [1.807, 2.05) is 0 Å². The molecule has 0 saturated heterocycles. The zero-order valence-corrected chi connectivity index (χ0v) is 12.9. The number of nitrogens with zero attached hydrogens (tertiary/aromatic N) is 1. The molecule has 1 heterocycles. The molecule has 2 atom stereocenters. The standard InChI is InChI=1S/C14H19BrN2S/c15-14-7-6-12(18-14)8-9-17-13-5-3-1-2-4-11(13)10-16/h6-7,11,13,17H,1-5,8-9H2. The highest BCUT2D eigenvalue weighted by atomic mass is 79.9. The van der Waals surface area contributed by atoms with E-state index in [1.54, 1.807) is 11.3 Å². The van der Waals surface area contributed by atoms with Gasteiger partial charge in [0.15, 0.2) is 0 Å². The SMILES string of the molecule is N#CC1CCCCCC1NCCc1ccc(Br)s1. The van der Waals surface area contributed by atoms with Crippen molar-refractivity contribution in [3.8, 4) is 6.07 Å². The number of nitrogens with one attached hydrogen (secondary N) is 1. The van der Waals surface area contributed by atoms with Gasteiger partial charge in [0.25, 0.3) is 0 Å². The third kappa shape index (κ3) is 4.08. The van der Waals surface area contributed by atoms with Gasteiger partial charge in [-0.05, 0) is 47.3 Å². The van der Waals surface area contributed by atoms with Crippen LogP contribution >= 0.6 is 27.3 Å². The number of hydrogen-bond donors (Lipinski definition) is 1. The number of hydrogen-bond acceptors (Lipinski definition) is 3. The van der Waals surface area contributed by atoms with E-state index in [9.17, 15) is 5.26 Å². The largest absolute Gasteiger partial charge is 0.312 e. The Morgan fingerprint density at radius 1 is 1.33 bits per heavy atom. The monoisotopic (exact) mass is 326 g/mol. The van der Waals surface area contributed by atoms with Crippen molar-refractivity contribution in [3.05, 3.63) is 20.8 Å². The molecule has 2 rings (SSSR count). The maximum absolute atomic E-state index is 9.21. The van der Waals surface area contributed by atoms with Crippen molar-refractivity contribution < 1.29 is 0 Å². The van der Waals surface area contributed by atoms with Crippen molar-refractivity contribution in [1.82, 2.24) is 5.32 Å². The normalized spacial score (nSPS) is 24.4. The molecule has 1 aromatic rings. The van der Waals surface area contributed by atoms with Gasteiger partial charge < -0.3 is 5.32 Å². The second-order valence-corrected chi connectivity index (χ2v) is 7.44. The molecule has 2 unspecified atom stereocenters. The van der Waals surface area contributed by atoms with Crippen LogP contribution in [-0.4, -0.2) is 12.6 Å². The first kappa shape index (κ1) is 14.0. The molecule has 1 aromatic heterocycles. The van der Waals surface area contributed by atoms with Crippen molar-refractivity contribution in [2.75, 3.05) is 6.54 Å². The van der Waals surface area contributed by atoms with E-state index < -0.39 is 0 Å². The highest BCUT2D eigenvalue weighted by molar-refractivity contribution is 9.11. The summed E-state index contributed by atoms with van der Waals surface area (Å²) in [7, 11) is 0. The quantitative estimate of drug-likeness (QED) is 0.845. The molecule has 4 heteroatoms. The van der Waals surface area contributed by atoms with Gasteiger partial charge in [-0.2, -0.15) is 5.26 Å². The van der Waals surface area contributed by atoms with Crippen molar-refractivity contribution in [3.63, 3.8) is 0 Å². The molecule has 2 nitrogen and oxygen atoms in total. The molecule has 0 bridgehead atoms. The third-order valence-corrected chi connectivity index (χ3v) is 5.27. The second-order valence-electron chi connectivity index (χ2n) is 4.89. The lowest BCUT2D eigenvalue weighted by molar-refractivity contribution is 0.398. The van der Waals surface area contributed by atoms with Crippen molar-refractivity contribution >= 4 is 27.3 Å². The molecule has 1 fully saturated rings. The Bertz CT molecular complexity index is 410. The summed E-state index contributed by atoms with van der Waals surface area (Å²) in [6.45, 7) is 0.982. The predicted molar refractivity (Wildman–Crippen MR) is 79.7 cm³/mol. The maximum Gasteiger partial charge on any atom is 0.0701 e. The van der Waals surface area contributed by atoms with Crippen LogP contribution in [-0.2, 0) is 6.42 Å². The topological polar surface area (TPSA) is 35.8 Å². The predicted octanol–water partition coefficient (Wildman–Crippen LogP) is 4.12. The van der Waals surface area contributed by atoms with Gasteiger partial charge in [0.2, 0.25) is 0 Å². The Labute approximate surface area is 122 Å². The molecule has 18 heavy (non-hydrogen) atoms.